The van der Waals surface area contributed by atoms with Crippen LogP contribution in [0.5, 0.6) is 0 Å². The zero-order valence-corrected chi connectivity index (χ0v) is 11.6. The summed E-state index contributed by atoms with van der Waals surface area (Å²) in [6.07, 6.45) is 5.11. The summed E-state index contributed by atoms with van der Waals surface area (Å²) in [4.78, 5) is 11.5. The van der Waals surface area contributed by atoms with Gasteiger partial charge < -0.3 is 15.8 Å². The van der Waals surface area contributed by atoms with Crippen molar-refractivity contribution in [3.8, 4) is 0 Å². The van der Waals surface area contributed by atoms with Crippen LogP contribution in [0.3, 0.4) is 0 Å². The van der Waals surface area contributed by atoms with Crippen molar-refractivity contribution < 1.29 is 9.53 Å². The zero-order chi connectivity index (χ0) is 12.0. The van der Waals surface area contributed by atoms with Gasteiger partial charge in [-0.25, -0.2) is 0 Å². The summed E-state index contributed by atoms with van der Waals surface area (Å²) in [7, 11) is 0. The number of carbonyl (C=O) groups excluding carboxylic acids is 1. The number of nitrogens with two attached hydrogens (primary N) is 1. The van der Waals surface area contributed by atoms with Gasteiger partial charge in [-0.15, -0.1) is 12.4 Å². The summed E-state index contributed by atoms with van der Waals surface area (Å²) in [6, 6.07) is 0.152. The van der Waals surface area contributed by atoms with Gasteiger partial charge in [0.1, 0.15) is 0 Å². The number of nitrogens with one attached hydrogen (secondary N) is 1. The molecule has 4 nitrogen and oxygen atoms in total. The fourth-order valence-corrected chi connectivity index (χ4v) is 1.92. The predicted molar refractivity (Wildman–Crippen MR) is 71.3 cm³/mol. The lowest BCUT2D eigenvalue weighted by molar-refractivity contribution is -0.121. The maximum absolute atomic E-state index is 11.5. The van der Waals surface area contributed by atoms with Crippen molar-refractivity contribution in [2.24, 2.45) is 5.73 Å². The lowest BCUT2D eigenvalue weighted by Gasteiger charge is -2.11. The molecule has 0 radical (unpaired) electrons. The first kappa shape index (κ1) is 16.7. The van der Waals surface area contributed by atoms with Gasteiger partial charge >= 0.3 is 0 Å². The zero-order valence-electron chi connectivity index (χ0n) is 10.8. The molecule has 3 N–H and O–H groups in total. The van der Waals surface area contributed by atoms with Gasteiger partial charge in [0.15, 0.2) is 0 Å². The van der Waals surface area contributed by atoms with Crippen LogP contribution in [-0.4, -0.2) is 30.7 Å². The van der Waals surface area contributed by atoms with E-state index in [0.29, 0.717) is 19.1 Å². The summed E-state index contributed by atoms with van der Waals surface area (Å²) in [5, 5.41) is 2.87. The molecule has 1 rings (SSSR count). The van der Waals surface area contributed by atoms with Crippen LogP contribution >= 0.6 is 12.4 Å². The molecule has 1 aliphatic rings. The van der Waals surface area contributed by atoms with Gasteiger partial charge in [0, 0.05) is 19.0 Å². The Hall–Kier alpha value is -0.320. The minimum absolute atomic E-state index is 0. The highest BCUT2D eigenvalue weighted by Crippen LogP contribution is 2.22. The summed E-state index contributed by atoms with van der Waals surface area (Å²) < 4.78 is 5.65. The predicted octanol–water partition coefficient (Wildman–Crippen LogP) is 1.61. The van der Waals surface area contributed by atoms with E-state index in [1.54, 1.807) is 0 Å². The maximum atomic E-state index is 11.5. The van der Waals surface area contributed by atoms with E-state index >= 15 is 0 Å². The molecule has 0 aromatic carbocycles. The third-order valence-corrected chi connectivity index (χ3v) is 2.94. The van der Waals surface area contributed by atoms with E-state index in [1.807, 2.05) is 6.92 Å². The standard InChI is InChI=1S/C12H24N2O2.ClH/c1-9(13)7-8-14-12(15)6-5-11-4-3-10(2)16-11;/h9-11H,3-8,13H2,1-2H3,(H,14,15);1H. The second kappa shape index (κ2) is 8.72. The Balaban J connectivity index is 0.00000256. The fraction of sp³-hybridized carbons (Fsp3) is 0.917. The molecule has 0 bridgehead atoms. The van der Waals surface area contributed by atoms with Gasteiger partial charge in [-0.3, -0.25) is 4.79 Å². The number of ether oxygens (including phenoxy) is 1. The monoisotopic (exact) mass is 264 g/mol. The highest BCUT2D eigenvalue weighted by Gasteiger charge is 2.21. The number of rotatable bonds is 6. The minimum atomic E-state index is 0. The quantitative estimate of drug-likeness (QED) is 0.766. The highest BCUT2D eigenvalue weighted by molar-refractivity contribution is 5.85. The third-order valence-electron chi connectivity index (χ3n) is 2.94. The van der Waals surface area contributed by atoms with E-state index in [-0.39, 0.29) is 30.5 Å². The van der Waals surface area contributed by atoms with Gasteiger partial charge in [-0.05, 0) is 39.5 Å². The second-order valence-electron chi connectivity index (χ2n) is 4.80. The lowest BCUT2D eigenvalue weighted by Crippen LogP contribution is -2.29. The largest absolute Gasteiger partial charge is 0.375 e. The van der Waals surface area contributed by atoms with Crippen molar-refractivity contribution in [1.29, 1.82) is 0 Å². The van der Waals surface area contributed by atoms with Gasteiger partial charge in [-0.1, -0.05) is 0 Å². The topological polar surface area (TPSA) is 64.3 Å². The number of hydrogen-bond acceptors (Lipinski definition) is 3. The Kier molecular flexibility index (Phi) is 8.56. The van der Waals surface area contributed by atoms with Gasteiger partial charge in [0.25, 0.3) is 0 Å². The average Bonchev–Trinajstić information content (AvgIpc) is 2.61. The molecule has 102 valence electrons. The Morgan fingerprint density at radius 1 is 1.53 bits per heavy atom. The fourth-order valence-electron chi connectivity index (χ4n) is 1.92. The molecule has 1 fully saturated rings. The van der Waals surface area contributed by atoms with Crippen LogP contribution in [0.15, 0.2) is 0 Å². The van der Waals surface area contributed by atoms with Crippen LogP contribution in [0.4, 0.5) is 0 Å². The number of halogens is 1. The minimum Gasteiger partial charge on any atom is -0.375 e. The Morgan fingerprint density at radius 3 is 2.76 bits per heavy atom. The van der Waals surface area contributed by atoms with E-state index in [0.717, 1.165) is 25.7 Å². The Bertz CT molecular complexity index is 225. The Labute approximate surface area is 110 Å². The molecule has 1 amide bonds. The van der Waals surface area contributed by atoms with E-state index < -0.39 is 0 Å². The van der Waals surface area contributed by atoms with Crippen LogP contribution in [0.1, 0.15) is 46.0 Å². The number of amides is 1. The molecule has 3 unspecified atom stereocenters. The van der Waals surface area contributed by atoms with Crippen LogP contribution in [0.2, 0.25) is 0 Å². The van der Waals surface area contributed by atoms with E-state index in [1.165, 1.54) is 0 Å². The molecule has 0 aliphatic carbocycles. The van der Waals surface area contributed by atoms with Crippen molar-refractivity contribution in [3.63, 3.8) is 0 Å². The summed E-state index contributed by atoms with van der Waals surface area (Å²) in [5.41, 5.74) is 5.60. The van der Waals surface area contributed by atoms with Crippen LogP contribution in [0, 0.1) is 0 Å². The molecular weight excluding hydrogens is 240 g/mol. The van der Waals surface area contributed by atoms with Crippen molar-refractivity contribution >= 4 is 18.3 Å². The van der Waals surface area contributed by atoms with E-state index in [4.69, 9.17) is 10.5 Å². The number of hydrogen-bond donors (Lipinski definition) is 2. The number of carbonyl (C=O) groups is 1. The molecular formula is C12H25ClN2O2. The maximum Gasteiger partial charge on any atom is 0.220 e. The second-order valence-corrected chi connectivity index (χ2v) is 4.80. The van der Waals surface area contributed by atoms with Crippen LogP contribution in [-0.2, 0) is 9.53 Å². The van der Waals surface area contributed by atoms with Gasteiger partial charge in [-0.2, -0.15) is 0 Å². The summed E-state index contributed by atoms with van der Waals surface area (Å²) >= 11 is 0. The normalized spacial score (nSPS) is 25.1. The SMILES string of the molecule is CC(N)CCNC(=O)CCC1CCC(C)O1.Cl. The molecule has 17 heavy (non-hydrogen) atoms. The van der Waals surface area contributed by atoms with Gasteiger partial charge in [0.2, 0.25) is 5.91 Å². The van der Waals surface area contributed by atoms with Crippen molar-refractivity contribution in [2.45, 2.75) is 64.2 Å². The molecule has 1 saturated heterocycles. The molecule has 0 saturated carbocycles. The molecule has 5 heteroatoms. The first-order valence-corrected chi connectivity index (χ1v) is 6.25. The first-order valence-electron chi connectivity index (χ1n) is 6.25. The smallest absolute Gasteiger partial charge is 0.220 e. The summed E-state index contributed by atoms with van der Waals surface area (Å²) in [5.74, 6) is 0.115. The van der Waals surface area contributed by atoms with E-state index in [9.17, 15) is 4.79 Å². The molecule has 0 aromatic heterocycles. The van der Waals surface area contributed by atoms with Crippen molar-refractivity contribution in [1.82, 2.24) is 5.32 Å². The summed E-state index contributed by atoms with van der Waals surface area (Å²) in [6.45, 7) is 4.71. The van der Waals surface area contributed by atoms with Crippen LogP contribution in [0.25, 0.3) is 0 Å². The highest BCUT2D eigenvalue weighted by atomic mass is 35.5. The molecule has 0 aromatic rings. The van der Waals surface area contributed by atoms with Crippen molar-refractivity contribution in [3.05, 3.63) is 0 Å². The average molecular weight is 265 g/mol. The van der Waals surface area contributed by atoms with Crippen molar-refractivity contribution in [2.75, 3.05) is 6.54 Å². The van der Waals surface area contributed by atoms with Gasteiger partial charge in [0.05, 0.1) is 12.2 Å². The molecule has 1 heterocycles. The first-order chi connectivity index (χ1) is 7.58. The third kappa shape index (κ3) is 7.58. The molecule has 1 aliphatic heterocycles. The van der Waals surface area contributed by atoms with E-state index in [2.05, 4.69) is 12.2 Å². The molecule has 3 atom stereocenters. The lowest BCUT2D eigenvalue weighted by atomic mass is 10.1. The molecule has 0 spiro atoms. The Morgan fingerprint density at radius 2 is 2.24 bits per heavy atom. The van der Waals surface area contributed by atoms with Crippen LogP contribution < -0.4 is 11.1 Å².